The summed E-state index contributed by atoms with van der Waals surface area (Å²) in [7, 11) is 0. The molecule has 2 heteroatoms. The second-order valence-electron chi connectivity index (χ2n) is 8.49. The van der Waals surface area contributed by atoms with Crippen molar-refractivity contribution >= 4 is 6.34 Å². The van der Waals surface area contributed by atoms with Crippen molar-refractivity contribution in [3.05, 3.63) is 71.8 Å². The molecule has 0 N–H and O–H groups in total. The molecule has 0 radical (unpaired) electrons. The van der Waals surface area contributed by atoms with Gasteiger partial charge in [0.05, 0.1) is 6.34 Å². The lowest BCUT2D eigenvalue weighted by Crippen LogP contribution is -2.37. The van der Waals surface area contributed by atoms with Crippen LogP contribution in [-0.4, -0.2) is 30.9 Å². The van der Waals surface area contributed by atoms with Gasteiger partial charge in [-0.25, -0.2) is 0 Å². The summed E-state index contributed by atoms with van der Waals surface area (Å²) < 4.78 is 0. The zero-order valence-corrected chi connectivity index (χ0v) is 18.2. The molecule has 1 unspecified atom stereocenters. The molecular weight excluding hydrogens is 352 g/mol. The van der Waals surface area contributed by atoms with Crippen LogP contribution in [0.1, 0.15) is 75.3 Å². The molecule has 2 aromatic carbocycles. The molecule has 0 aromatic heterocycles. The predicted octanol–water partition coefficient (Wildman–Crippen LogP) is 6.92. The Balaban J connectivity index is 1.57. The van der Waals surface area contributed by atoms with Gasteiger partial charge < -0.3 is 4.90 Å². The first-order valence-corrected chi connectivity index (χ1v) is 11.7. The van der Waals surface area contributed by atoms with Gasteiger partial charge in [0.2, 0.25) is 0 Å². The molecule has 1 aliphatic heterocycles. The first-order chi connectivity index (χ1) is 14.4. The molecule has 29 heavy (non-hydrogen) atoms. The van der Waals surface area contributed by atoms with Gasteiger partial charge in [-0.1, -0.05) is 99.7 Å². The molecule has 0 spiro atoms. The normalized spacial score (nSPS) is 17.3. The van der Waals surface area contributed by atoms with Crippen molar-refractivity contribution < 1.29 is 0 Å². The van der Waals surface area contributed by atoms with E-state index in [2.05, 4.69) is 78.8 Å². The number of piperidine rings is 1. The fourth-order valence-electron chi connectivity index (χ4n) is 4.63. The van der Waals surface area contributed by atoms with Crippen molar-refractivity contribution in [2.45, 2.75) is 64.2 Å². The highest BCUT2D eigenvalue weighted by atomic mass is 15.2. The smallest absolute Gasteiger partial charge is 0.0849 e. The minimum atomic E-state index is 0.465. The van der Waals surface area contributed by atoms with Crippen molar-refractivity contribution in [2.24, 2.45) is 10.9 Å². The van der Waals surface area contributed by atoms with Gasteiger partial charge in [0.15, 0.2) is 0 Å². The average Bonchev–Trinajstić information content (AvgIpc) is 2.78. The van der Waals surface area contributed by atoms with Crippen LogP contribution in [0.4, 0.5) is 0 Å². The second kappa shape index (κ2) is 12.5. The Morgan fingerprint density at radius 3 is 2.17 bits per heavy atom. The van der Waals surface area contributed by atoms with E-state index in [0.29, 0.717) is 11.8 Å². The summed E-state index contributed by atoms with van der Waals surface area (Å²) in [6.45, 7) is 5.51. The van der Waals surface area contributed by atoms with Crippen molar-refractivity contribution in [2.75, 3.05) is 19.6 Å². The van der Waals surface area contributed by atoms with E-state index >= 15 is 0 Å². The van der Waals surface area contributed by atoms with Crippen LogP contribution in [0.25, 0.3) is 0 Å². The van der Waals surface area contributed by atoms with Crippen molar-refractivity contribution in [3.63, 3.8) is 0 Å². The maximum absolute atomic E-state index is 4.75. The van der Waals surface area contributed by atoms with Crippen LogP contribution in [0.2, 0.25) is 0 Å². The minimum Gasteiger partial charge on any atom is -0.363 e. The summed E-state index contributed by atoms with van der Waals surface area (Å²) >= 11 is 0. The third-order valence-electron chi connectivity index (χ3n) is 6.16. The van der Waals surface area contributed by atoms with Gasteiger partial charge in [-0.3, -0.25) is 4.99 Å². The van der Waals surface area contributed by atoms with E-state index in [1.54, 1.807) is 0 Å². The molecule has 0 bridgehead atoms. The van der Waals surface area contributed by atoms with E-state index in [1.165, 1.54) is 62.5 Å². The van der Waals surface area contributed by atoms with Gasteiger partial charge in [-0.15, -0.1) is 0 Å². The molecule has 1 atom stereocenters. The van der Waals surface area contributed by atoms with E-state index in [0.717, 1.165) is 19.6 Å². The van der Waals surface area contributed by atoms with Crippen LogP contribution in [0.3, 0.4) is 0 Å². The summed E-state index contributed by atoms with van der Waals surface area (Å²) in [5.74, 6) is 1.10. The van der Waals surface area contributed by atoms with Crippen LogP contribution in [0, 0.1) is 5.92 Å². The maximum Gasteiger partial charge on any atom is 0.0849 e. The second-order valence-corrected chi connectivity index (χ2v) is 8.49. The number of nitrogens with zero attached hydrogens (tertiary/aromatic N) is 2. The van der Waals surface area contributed by atoms with Gasteiger partial charge in [0, 0.05) is 25.6 Å². The maximum atomic E-state index is 4.75. The summed E-state index contributed by atoms with van der Waals surface area (Å²) in [6, 6.07) is 22.1. The highest BCUT2D eigenvalue weighted by Gasteiger charge is 2.28. The fraction of sp³-hybridized carbons (Fsp3) is 0.519. The third kappa shape index (κ3) is 7.03. The van der Waals surface area contributed by atoms with Gasteiger partial charge in [0.1, 0.15) is 0 Å². The van der Waals surface area contributed by atoms with Crippen LogP contribution in [0.5, 0.6) is 0 Å². The van der Waals surface area contributed by atoms with Gasteiger partial charge in [-0.2, -0.15) is 0 Å². The zero-order valence-electron chi connectivity index (χ0n) is 18.2. The topological polar surface area (TPSA) is 15.6 Å². The highest BCUT2D eigenvalue weighted by Crippen LogP contribution is 2.36. The van der Waals surface area contributed by atoms with Crippen molar-refractivity contribution in [1.29, 1.82) is 0 Å². The number of rotatable bonds is 11. The Hall–Kier alpha value is -2.09. The van der Waals surface area contributed by atoms with E-state index < -0.39 is 0 Å². The Labute approximate surface area is 178 Å². The Morgan fingerprint density at radius 1 is 0.897 bits per heavy atom. The molecule has 1 aliphatic rings. The highest BCUT2D eigenvalue weighted by molar-refractivity contribution is 5.55. The molecule has 0 aliphatic carbocycles. The third-order valence-corrected chi connectivity index (χ3v) is 6.16. The number of likely N-dealkylation sites (tertiary alicyclic amines) is 1. The van der Waals surface area contributed by atoms with Gasteiger partial charge in [-0.05, 0) is 36.3 Å². The number of hydrogen-bond acceptors (Lipinski definition) is 1. The quantitative estimate of drug-likeness (QED) is 0.231. The van der Waals surface area contributed by atoms with Gasteiger partial charge in [0.25, 0.3) is 0 Å². The first kappa shape index (κ1) is 21.6. The molecule has 3 rings (SSSR count). The lowest BCUT2D eigenvalue weighted by Gasteiger charge is -2.36. The molecule has 1 fully saturated rings. The standard InChI is InChI=1S/C27H38N2/c1-2-3-4-5-6-13-20-28-23-29-21-14-19-26(22-29)27(24-15-9-7-10-16-24)25-17-11-8-12-18-25/h7-12,15-18,23,26-27H,2-6,13-14,19-22H2,1H3. The summed E-state index contributed by atoms with van der Waals surface area (Å²) in [4.78, 5) is 7.22. The fourth-order valence-corrected chi connectivity index (χ4v) is 4.63. The molecule has 1 heterocycles. The molecule has 2 aromatic rings. The monoisotopic (exact) mass is 390 g/mol. The molecular formula is C27H38N2. The summed E-state index contributed by atoms with van der Waals surface area (Å²) in [5, 5.41) is 0. The van der Waals surface area contributed by atoms with E-state index in [1.807, 2.05) is 0 Å². The number of hydrogen-bond donors (Lipinski definition) is 0. The zero-order chi connectivity index (χ0) is 20.2. The summed E-state index contributed by atoms with van der Waals surface area (Å²) in [6.07, 6.45) is 12.7. The molecule has 1 saturated heterocycles. The number of benzene rings is 2. The molecule has 2 nitrogen and oxygen atoms in total. The number of aliphatic imine (C=N–C) groups is 1. The first-order valence-electron chi connectivity index (χ1n) is 11.7. The van der Waals surface area contributed by atoms with Crippen LogP contribution >= 0.6 is 0 Å². The average molecular weight is 391 g/mol. The van der Waals surface area contributed by atoms with Crippen LogP contribution < -0.4 is 0 Å². The summed E-state index contributed by atoms with van der Waals surface area (Å²) in [5.41, 5.74) is 2.88. The van der Waals surface area contributed by atoms with Crippen LogP contribution in [-0.2, 0) is 0 Å². The van der Waals surface area contributed by atoms with Crippen molar-refractivity contribution in [1.82, 2.24) is 4.90 Å². The number of unbranched alkanes of at least 4 members (excludes halogenated alkanes) is 5. The Morgan fingerprint density at radius 2 is 1.52 bits per heavy atom. The molecule has 156 valence electrons. The SMILES string of the molecule is CCCCCCCCN=CN1CCCC(C(c2ccccc2)c2ccccc2)C1. The van der Waals surface area contributed by atoms with E-state index in [9.17, 15) is 0 Å². The van der Waals surface area contributed by atoms with Crippen molar-refractivity contribution in [3.8, 4) is 0 Å². The Bertz CT molecular complexity index is 655. The minimum absolute atomic E-state index is 0.465. The molecule has 0 amide bonds. The largest absolute Gasteiger partial charge is 0.363 e. The lowest BCUT2D eigenvalue weighted by molar-refractivity contribution is 0.245. The van der Waals surface area contributed by atoms with Crippen LogP contribution in [0.15, 0.2) is 65.7 Å². The Kier molecular flexibility index (Phi) is 9.29. The van der Waals surface area contributed by atoms with E-state index in [4.69, 9.17) is 4.99 Å². The molecule has 0 saturated carbocycles. The lowest BCUT2D eigenvalue weighted by atomic mass is 9.77. The predicted molar refractivity (Wildman–Crippen MR) is 126 cm³/mol. The van der Waals surface area contributed by atoms with E-state index in [-0.39, 0.29) is 0 Å². The van der Waals surface area contributed by atoms with Gasteiger partial charge >= 0.3 is 0 Å².